The van der Waals surface area contributed by atoms with Gasteiger partial charge in [-0.05, 0) is 60.7 Å². The van der Waals surface area contributed by atoms with Crippen molar-refractivity contribution in [1.29, 1.82) is 0 Å². The Hall–Kier alpha value is -3.39. The molecular weight excluding hydrogens is 395 g/mol. The van der Waals surface area contributed by atoms with Crippen molar-refractivity contribution in [2.24, 2.45) is 0 Å². The van der Waals surface area contributed by atoms with Crippen LogP contribution in [0.4, 0.5) is 15.8 Å². The highest BCUT2D eigenvalue weighted by Crippen LogP contribution is 2.20. The highest BCUT2D eigenvalue weighted by Gasteiger charge is 2.15. The number of hydrogen-bond acceptors (Lipinski definition) is 4. The van der Waals surface area contributed by atoms with Gasteiger partial charge in [-0.15, -0.1) is 0 Å². The highest BCUT2D eigenvalue weighted by atomic mass is 32.2. The summed E-state index contributed by atoms with van der Waals surface area (Å²) in [6.45, 7) is -0.189. The molecule has 0 aromatic heterocycles. The number of hydrogen-bond donors (Lipinski definition) is 1. The first-order chi connectivity index (χ1) is 13.8. The molecule has 29 heavy (non-hydrogen) atoms. The lowest BCUT2D eigenvalue weighted by Crippen LogP contribution is -2.31. The molecule has 0 aliphatic heterocycles. The number of ether oxygens (including phenoxy) is 1. The molecule has 1 amide bonds. The zero-order valence-corrected chi connectivity index (χ0v) is 16.4. The molecule has 0 aliphatic carbocycles. The molecule has 0 heterocycles. The molecule has 0 unspecified atom stereocenters. The molecule has 3 aromatic rings. The first-order valence-electron chi connectivity index (χ1n) is 8.68. The number of carbonyl (C=O) groups is 1. The van der Waals surface area contributed by atoms with Crippen LogP contribution in [0.15, 0.2) is 83.8 Å². The van der Waals surface area contributed by atoms with E-state index >= 15 is 0 Å². The molecule has 8 heteroatoms. The molecule has 6 nitrogen and oxygen atoms in total. The van der Waals surface area contributed by atoms with Crippen LogP contribution in [0.1, 0.15) is 0 Å². The summed E-state index contributed by atoms with van der Waals surface area (Å²) in [5.74, 6) is -0.340. The summed E-state index contributed by atoms with van der Waals surface area (Å²) in [6, 6.07) is 19.8. The molecule has 150 valence electrons. The zero-order chi connectivity index (χ0) is 20.9. The summed E-state index contributed by atoms with van der Waals surface area (Å²) in [4.78, 5) is 13.7. The molecule has 0 aliphatic rings. The summed E-state index contributed by atoms with van der Waals surface area (Å²) in [7, 11) is -2.18. The normalized spacial score (nSPS) is 11.0. The molecule has 0 saturated carbocycles. The van der Waals surface area contributed by atoms with Gasteiger partial charge in [-0.3, -0.25) is 9.52 Å². The van der Waals surface area contributed by atoms with Gasteiger partial charge >= 0.3 is 0 Å². The number of nitrogens with one attached hydrogen (secondary N) is 1. The number of carbonyl (C=O) groups excluding carboxylic acids is 1. The molecule has 0 bridgehead atoms. The second-order valence-corrected chi connectivity index (χ2v) is 7.84. The van der Waals surface area contributed by atoms with Gasteiger partial charge in [-0.2, -0.15) is 0 Å². The number of sulfonamides is 1. The number of likely N-dealkylation sites (N-methyl/N-ethyl adjacent to an activating group) is 1. The number of amides is 1. The predicted octanol–water partition coefficient (Wildman–Crippen LogP) is 3.67. The Kier molecular flexibility index (Phi) is 6.13. The van der Waals surface area contributed by atoms with Gasteiger partial charge in [-0.25, -0.2) is 12.8 Å². The number of benzene rings is 3. The topological polar surface area (TPSA) is 75.7 Å². The van der Waals surface area contributed by atoms with E-state index in [1.807, 2.05) is 30.3 Å². The Morgan fingerprint density at radius 3 is 2.21 bits per heavy atom. The van der Waals surface area contributed by atoms with E-state index < -0.39 is 15.8 Å². The van der Waals surface area contributed by atoms with Crippen molar-refractivity contribution in [2.45, 2.75) is 4.90 Å². The van der Waals surface area contributed by atoms with E-state index in [1.54, 1.807) is 7.05 Å². The second kappa shape index (κ2) is 8.74. The van der Waals surface area contributed by atoms with E-state index in [0.717, 1.165) is 17.8 Å². The van der Waals surface area contributed by atoms with E-state index in [0.29, 0.717) is 5.75 Å². The van der Waals surface area contributed by atoms with Crippen molar-refractivity contribution < 1.29 is 22.3 Å². The third kappa shape index (κ3) is 5.32. The Morgan fingerprint density at radius 2 is 1.59 bits per heavy atom. The lowest BCUT2D eigenvalue weighted by molar-refractivity contribution is -0.120. The van der Waals surface area contributed by atoms with Crippen molar-refractivity contribution >= 4 is 27.3 Å². The fraction of sp³-hybridized carbons (Fsp3) is 0.0952. The van der Waals surface area contributed by atoms with Crippen molar-refractivity contribution in [1.82, 2.24) is 0 Å². The third-order valence-corrected chi connectivity index (χ3v) is 5.51. The van der Waals surface area contributed by atoms with E-state index in [9.17, 15) is 17.6 Å². The lowest BCUT2D eigenvalue weighted by atomic mass is 10.3. The molecule has 0 saturated heterocycles. The van der Waals surface area contributed by atoms with Gasteiger partial charge in [-0.1, -0.05) is 18.2 Å². The van der Waals surface area contributed by atoms with Crippen LogP contribution in [0.25, 0.3) is 0 Å². The number of halogens is 1. The van der Waals surface area contributed by atoms with Crippen molar-refractivity contribution in [2.75, 3.05) is 23.3 Å². The smallest absolute Gasteiger partial charge is 0.264 e. The van der Waals surface area contributed by atoms with Crippen LogP contribution >= 0.6 is 0 Å². The average molecular weight is 414 g/mol. The number of para-hydroxylation sites is 1. The molecule has 3 rings (SSSR count). The van der Waals surface area contributed by atoms with Crippen LogP contribution in [0, 0.1) is 5.82 Å². The van der Waals surface area contributed by atoms with Crippen LogP contribution in [0.5, 0.6) is 5.75 Å². The van der Waals surface area contributed by atoms with Gasteiger partial charge in [0.25, 0.3) is 15.9 Å². The molecule has 0 atom stereocenters. The molecule has 0 fully saturated rings. The second-order valence-electron chi connectivity index (χ2n) is 6.16. The average Bonchev–Trinajstić information content (AvgIpc) is 2.74. The van der Waals surface area contributed by atoms with Gasteiger partial charge in [0.05, 0.1) is 4.90 Å². The largest absolute Gasteiger partial charge is 0.484 e. The molecular formula is C21H19FN2O4S. The number of anilines is 2. The van der Waals surface area contributed by atoms with Gasteiger partial charge in [0.2, 0.25) is 0 Å². The molecule has 3 aromatic carbocycles. The zero-order valence-electron chi connectivity index (χ0n) is 15.6. The van der Waals surface area contributed by atoms with Gasteiger partial charge in [0.15, 0.2) is 6.61 Å². The summed E-state index contributed by atoms with van der Waals surface area (Å²) >= 11 is 0. The minimum atomic E-state index is -3.83. The minimum absolute atomic E-state index is 0.0157. The first kappa shape index (κ1) is 20.3. The monoisotopic (exact) mass is 414 g/mol. The highest BCUT2D eigenvalue weighted by molar-refractivity contribution is 7.92. The minimum Gasteiger partial charge on any atom is -0.484 e. The van der Waals surface area contributed by atoms with Gasteiger partial charge in [0.1, 0.15) is 11.6 Å². The Morgan fingerprint density at radius 1 is 0.966 bits per heavy atom. The maximum atomic E-state index is 12.9. The van der Waals surface area contributed by atoms with Crippen LogP contribution in [0.2, 0.25) is 0 Å². The van der Waals surface area contributed by atoms with Crippen molar-refractivity contribution in [3.8, 4) is 5.75 Å². The Bertz CT molecular complexity index is 1070. The van der Waals surface area contributed by atoms with Gasteiger partial charge in [0, 0.05) is 18.4 Å². The van der Waals surface area contributed by atoms with Crippen LogP contribution in [-0.4, -0.2) is 28.0 Å². The Balaban J connectivity index is 1.61. The van der Waals surface area contributed by atoms with Crippen LogP contribution in [0.3, 0.4) is 0 Å². The van der Waals surface area contributed by atoms with Gasteiger partial charge < -0.3 is 9.64 Å². The standard InChI is InChI=1S/C21H19FN2O4S/c1-24(18-5-3-2-4-6-18)21(25)15-28-19-11-13-20(14-12-19)29(26,27)23-17-9-7-16(22)8-10-17/h2-14,23H,15H2,1H3. The number of rotatable bonds is 7. The maximum Gasteiger partial charge on any atom is 0.264 e. The Labute approximate surface area is 168 Å². The maximum absolute atomic E-state index is 12.9. The summed E-state index contributed by atoms with van der Waals surface area (Å²) in [5, 5.41) is 0. The van der Waals surface area contributed by atoms with E-state index in [2.05, 4.69) is 4.72 Å². The predicted molar refractivity (Wildman–Crippen MR) is 109 cm³/mol. The van der Waals surface area contributed by atoms with Crippen LogP contribution in [-0.2, 0) is 14.8 Å². The van der Waals surface area contributed by atoms with Crippen LogP contribution < -0.4 is 14.4 Å². The third-order valence-electron chi connectivity index (χ3n) is 4.11. The lowest BCUT2D eigenvalue weighted by Gasteiger charge is -2.17. The van der Waals surface area contributed by atoms with E-state index in [1.165, 1.54) is 41.3 Å². The fourth-order valence-corrected chi connectivity index (χ4v) is 3.54. The fourth-order valence-electron chi connectivity index (χ4n) is 2.48. The van der Waals surface area contributed by atoms with Crippen molar-refractivity contribution in [3.05, 3.63) is 84.7 Å². The molecule has 0 spiro atoms. The molecule has 1 N–H and O–H groups in total. The quantitative estimate of drug-likeness (QED) is 0.640. The van der Waals surface area contributed by atoms with Crippen molar-refractivity contribution in [3.63, 3.8) is 0 Å². The first-order valence-corrected chi connectivity index (χ1v) is 10.2. The number of nitrogens with zero attached hydrogens (tertiary/aromatic N) is 1. The van der Waals surface area contributed by atoms with E-state index in [4.69, 9.17) is 4.74 Å². The summed E-state index contributed by atoms with van der Waals surface area (Å²) in [5.41, 5.74) is 0.996. The SMILES string of the molecule is CN(C(=O)COc1ccc(S(=O)(=O)Nc2ccc(F)cc2)cc1)c1ccccc1. The molecule has 0 radical (unpaired) electrons. The summed E-state index contributed by atoms with van der Waals surface area (Å²) < 4.78 is 45.6. The summed E-state index contributed by atoms with van der Waals surface area (Å²) in [6.07, 6.45) is 0. The van der Waals surface area contributed by atoms with E-state index in [-0.39, 0.29) is 23.1 Å².